The maximum absolute atomic E-state index is 9.43. The van der Waals surface area contributed by atoms with E-state index in [2.05, 4.69) is 27.6 Å². The number of halogens is 1. The van der Waals surface area contributed by atoms with Gasteiger partial charge in [0.1, 0.15) is 11.3 Å². The van der Waals surface area contributed by atoms with Gasteiger partial charge in [-0.2, -0.15) is 0 Å². The van der Waals surface area contributed by atoms with Crippen molar-refractivity contribution in [3.8, 4) is 5.75 Å². The first-order valence-electron chi connectivity index (χ1n) is 3.51. The van der Waals surface area contributed by atoms with Crippen molar-refractivity contribution in [3.63, 3.8) is 0 Å². The van der Waals surface area contributed by atoms with Crippen molar-refractivity contribution in [1.82, 2.24) is 4.98 Å². The Morgan fingerprint density at radius 1 is 1.25 bits per heavy atom. The van der Waals surface area contributed by atoms with Crippen LogP contribution in [0, 0.1) is 3.57 Å². The lowest BCUT2D eigenvalue weighted by Crippen LogP contribution is -1.81. The number of rotatable bonds is 0. The zero-order valence-electron chi connectivity index (χ0n) is 6.16. The van der Waals surface area contributed by atoms with Crippen LogP contribution >= 0.6 is 22.6 Å². The summed E-state index contributed by atoms with van der Waals surface area (Å²) in [7, 11) is 0. The smallest absolute Gasteiger partial charge is 0.141 e. The Morgan fingerprint density at radius 2 is 2.08 bits per heavy atom. The van der Waals surface area contributed by atoms with Gasteiger partial charge in [-0.1, -0.05) is 12.1 Å². The van der Waals surface area contributed by atoms with Crippen LogP contribution in [0.2, 0.25) is 0 Å². The highest BCUT2D eigenvalue weighted by molar-refractivity contribution is 14.1. The predicted molar refractivity (Wildman–Crippen MR) is 56.1 cm³/mol. The maximum atomic E-state index is 9.43. The molecule has 0 unspecified atom stereocenters. The first-order chi connectivity index (χ1) is 5.79. The van der Waals surface area contributed by atoms with Gasteiger partial charge in [0.2, 0.25) is 0 Å². The topological polar surface area (TPSA) is 33.1 Å². The molecule has 60 valence electrons. The number of pyridine rings is 1. The molecule has 1 heterocycles. The van der Waals surface area contributed by atoms with E-state index in [1.807, 2.05) is 18.2 Å². The van der Waals surface area contributed by atoms with Crippen LogP contribution in [0.3, 0.4) is 0 Å². The fraction of sp³-hybridized carbons (Fsp3) is 0. The number of fused-ring (bicyclic) bond motifs is 1. The molecule has 1 N–H and O–H groups in total. The van der Waals surface area contributed by atoms with E-state index in [0.717, 1.165) is 8.96 Å². The van der Waals surface area contributed by atoms with Gasteiger partial charge in [0.15, 0.2) is 0 Å². The Labute approximate surface area is 83.4 Å². The minimum absolute atomic E-state index is 0.242. The summed E-state index contributed by atoms with van der Waals surface area (Å²) in [6, 6.07) is 7.33. The zero-order chi connectivity index (χ0) is 8.55. The molecule has 2 rings (SSSR count). The number of nitrogens with zero attached hydrogens (tertiary/aromatic N) is 1. The second-order valence-corrected chi connectivity index (χ2v) is 3.63. The molecule has 0 saturated heterocycles. The summed E-state index contributed by atoms with van der Waals surface area (Å²) >= 11 is 2.22. The van der Waals surface area contributed by atoms with Crippen molar-refractivity contribution < 1.29 is 5.11 Å². The number of phenols is 1. The molecule has 0 amide bonds. The number of aromatic hydroxyl groups is 1. The Kier molecular flexibility index (Phi) is 1.88. The molecule has 12 heavy (non-hydrogen) atoms. The van der Waals surface area contributed by atoms with Gasteiger partial charge < -0.3 is 5.11 Å². The molecule has 0 aliphatic heterocycles. The van der Waals surface area contributed by atoms with E-state index in [1.165, 1.54) is 0 Å². The van der Waals surface area contributed by atoms with Crippen LogP contribution in [0.4, 0.5) is 0 Å². The van der Waals surface area contributed by atoms with Gasteiger partial charge in [0.05, 0.1) is 0 Å². The van der Waals surface area contributed by atoms with Crippen LogP contribution in [-0.4, -0.2) is 10.1 Å². The van der Waals surface area contributed by atoms with E-state index in [4.69, 9.17) is 0 Å². The van der Waals surface area contributed by atoms with Crippen molar-refractivity contribution in [2.45, 2.75) is 0 Å². The van der Waals surface area contributed by atoms with E-state index in [1.54, 1.807) is 12.3 Å². The van der Waals surface area contributed by atoms with Gasteiger partial charge in [-0.3, -0.25) is 4.98 Å². The Bertz CT molecular complexity index is 387. The molecule has 0 atom stereocenters. The second-order valence-electron chi connectivity index (χ2n) is 2.47. The van der Waals surface area contributed by atoms with Gasteiger partial charge >= 0.3 is 0 Å². The third-order valence-corrected chi connectivity index (χ3v) is 2.64. The average molecular weight is 271 g/mol. The molecule has 0 spiro atoms. The first-order valence-corrected chi connectivity index (χ1v) is 4.59. The fourth-order valence-electron chi connectivity index (χ4n) is 1.13. The highest BCUT2D eigenvalue weighted by Crippen LogP contribution is 2.25. The third-order valence-electron chi connectivity index (χ3n) is 1.70. The first kappa shape index (κ1) is 7.79. The normalized spacial score (nSPS) is 10.4. The number of hydrogen-bond donors (Lipinski definition) is 1. The molecule has 0 radical (unpaired) electrons. The number of para-hydroxylation sites is 1. The maximum Gasteiger partial charge on any atom is 0.141 e. The van der Waals surface area contributed by atoms with Crippen LogP contribution in [0.15, 0.2) is 30.5 Å². The fourth-order valence-corrected chi connectivity index (χ4v) is 1.72. The van der Waals surface area contributed by atoms with E-state index in [0.29, 0.717) is 5.52 Å². The van der Waals surface area contributed by atoms with Gasteiger partial charge in [-0.05, 0) is 34.7 Å². The van der Waals surface area contributed by atoms with Crippen molar-refractivity contribution >= 4 is 33.5 Å². The van der Waals surface area contributed by atoms with Crippen molar-refractivity contribution in [1.29, 1.82) is 0 Å². The van der Waals surface area contributed by atoms with E-state index < -0.39 is 0 Å². The van der Waals surface area contributed by atoms with Crippen LogP contribution in [0.1, 0.15) is 0 Å². The highest BCUT2D eigenvalue weighted by atomic mass is 127. The summed E-state index contributed by atoms with van der Waals surface area (Å²) in [4.78, 5) is 4.09. The number of aromatic nitrogens is 1. The molecule has 0 bridgehead atoms. The van der Waals surface area contributed by atoms with Crippen LogP contribution in [-0.2, 0) is 0 Å². The minimum atomic E-state index is 0.242. The monoisotopic (exact) mass is 271 g/mol. The summed E-state index contributed by atoms with van der Waals surface area (Å²) < 4.78 is 1.11. The molecule has 0 aliphatic carbocycles. The molecule has 2 nitrogen and oxygen atoms in total. The summed E-state index contributed by atoms with van der Waals surface area (Å²) in [6.45, 7) is 0. The SMILES string of the molecule is Oc1cccc2c(I)ccnc12. The lowest BCUT2D eigenvalue weighted by atomic mass is 10.2. The van der Waals surface area contributed by atoms with Gasteiger partial charge in [0.25, 0.3) is 0 Å². The summed E-state index contributed by atoms with van der Waals surface area (Å²) in [6.07, 6.45) is 1.70. The Balaban J connectivity index is 2.94. The number of benzene rings is 1. The van der Waals surface area contributed by atoms with Gasteiger partial charge in [-0.15, -0.1) is 0 Å². The molecule has 1 aromatic carbocycles. The lowest BCUT2D eigenvalue weighted by molar-refractivity contribution is 0.480. The third kappa shape index (κ3) is 1.14. The standard InChI is InChI=1S/C9H6INO/c10-7-4-5-11-9-6(7)2-1-3-8(9)12/h1-5,12H. The highest BCUT2D eigenvalue weighted by Gasteiger charge is 2.01. The van der Waals surface area contributed by atoms with E-state index in [-0.39, 0.29) is 5.75 Å². The van der Waals surface area contributed by atoms with Crippen molar-refractivity contribution in [2.75, 3.05) is 0 Å². The largest absolute Gasteiger partial charge is 0.506 e. The van der Waals surface area contributed by atoms with Crippen molar-refractivity contribution in [3.05, 3.63) is 34.0 Å². The lowest BCUT2D eigenvalue weighted by Gasteiger charge is -2.00. The Morgan fingerprint density at radius 3 is 2.83 bits per heavy atom. The van der Waals surface area contributed by atoms with Crippen LogP contribution < -0.4 is 0 Å². The van der Waals surface area contributed by atoms with E-state index >= 15 is 0 Å². The molecule has 2 aromatic rings. The second kappa shape index (κ2) is 2.90. The number of phenolic OH excluding ortho intramolecular Hbond substituents is 1. The zero-order valence-corrected chi connectivity index (χ0v) is 8.32. The number of hydrogen-bond acceptors (Lipinski definition) is 2. The molecule has 1 aromatic heterocycles. The molecular weight excluding hydrogens is 265 g/mol. The summed E-state index contributed by atoms with van der Waals surface area (Å²) in [5.74, 6) is 0.242. The van der Waals surface area contributed by atoms with Crippen LogP contribution in [0.5, 0.6) is 5.75 Å². The minimum Gasteiger partial charge on any atom is -0.506 e. The quantitative estimate of drug-likeness (QED) is 0.747. The van der Waals surface area contributed by atoms with E-state index in [9.17, 15) is 5.11 Å². The summed E-state index contributed by atoms with van der Waals surface area (Å²) in [5, 5.41) is 10.4. The molecule has 3 heteroatoms. The van der Waals surface area contributed by atoms with Crippen LogP contribution in [0.25, 0.3) is 10.9 Å². The average Bonchev–Trinajstić information content (AvgIpc) is 2.07. The van der Waals surface area contributed by atoms with Gasteiger partial charge in [0, 0.05) is 15.2 Å². The Hall–Kier alpha value is -0.840. The van der Waals surface area contributed by atoms with Gasteiger partial charge in [-0.25, -0.2) is 0 Å². The summed E-state index contributed by atoms with van der Waals surface area (Å²) in [5.41, 5.74) is 0.671. The predicted octanol–water partition coefficient (Wildman–Crippen LogP) is 2.55. The van der Waals surface area contributed by atoms with Crippen molar-refractivity contribution in [2.24, 2.45) is 0 Å². The molecule has 0 saturated carbocycles. The molecule has 0 aliphatic rings. The molecular formula is C9H6INO. The molecule has 0 fully saturated rings.